The number of rotatable bonds is 9. The molecule has 0 saturated carbocycles. The minimum atomic E-state index is 0.793. The van der Waals surface area contributed by atoms with E-state index in [9.17, 15) is 0 Å². The van der Waals surface area contributed by atoms with Crippen LogP contribution in [0.15, 0.2) is 11.4 Å². The number of nitrogens with one attached hydrogen (secondary N) is 2. The van der Waals surface area contributed by atoms with Crippen molar-refractivity contribution in [3.05, 3.63) is 21.9 Å². The quantitative estimate of drug-likeness (QED) is 0.648. The molecule has 0 radical (unpaired) electrons. The Morgan fingerprint density at radius 3 is 2.75 bits per heavy atom. The van der Waals surface area contributed by atoms with Gasteiger partial charge in [0.25, 0.3) is 0 Å². The van der Waals surface area contributed by atoms with Crippen molar-refractivity contribution in [3.63, 3.8) is 0 Å². The Labute approximate surface area is 102 Å². The molecule has 2 N–H and O–H groups in total. The van der Waals surface area contributed by atoms with Crippen LogP contribution < -0.4 is 10.6 Å². The molecule has 0 aliphatic heterocycles. The maximum absolute atomic E-state index is 4.95. The van der Waals surface area contributed by atoms with Gasteiger partial charge in [0, 0.05) is 25.1 Å². The van der Waals surface area contributed by atoms with E-state index in [4.69, 9.17) is 4.74 Å². The molecule has 1 heterocycles. The lowest BCUT2D eigenvalue weighted by Gasteiger charge is -2.05. The molecular weight excluding hydrogens is 220 g/mol. The highest BCUT2D eigenvalue weighted by Crippen LogP contribution is 2.14. The van der Waals surface area contributed by atoms with Gasteiger partial charge in [-0.3, -0.25) is 0 Å². The topological polar surface area (TPSA) is 33.3 Å². The number of hydrogen-bond donors (Lipinski definition) is 2. The molecular formula is C12H22N2OS. The normalized spacial score (nSPS) is 10.9. The molecule has 1 aromatic heterocycles. The molecule has 0 amide bonds. The van der Waals surface area contributed by atoms with E-state index < -0.39 is 0 Å². The Balaban J connectivity index is 1.91. The molecule has 3 nitrogen and oxygen atoms in total. The average Bonchev–Trinajstić information content (AvgIpc) is 2.68. The predicted octanol–water partition coefficient (Wildman–Crippen LogP) is 1.77. The average molecular weight is 242 g/mol. The van der Waals surface area contributed by atoms with Gasteiger partial charge in [0.2, 0.25) is 0 Å². The second kappa shape index (κ2) is 8.70. The minimum absolute atomic E-state index is 0.793. The second-order valence-electron chi connectivity index (χ2n) is 3.80. The third-order valence-corrected chi connectivity index (χ3v) is 3.47. The summed E-state index contributed by atoms with van der Waals surface area (Å²) in [6.07, 6.45) is 1.16. The Bertz CT molecular complexity index is 276. The van der Waals surface area contributed by atoms with Gasteiger partial charge in [-0.15, -0.1) is 11.3 Å². The molecule has 0 atom stereocenters. The third-order valence-electron chi connectivity index (χ3n) is 2.44. The molecule has 1 rings (SSSR count). The van der Waals surface area contributed by atoms with Gasteiger partial charge in [0.1, 0.15) is 0 Å². The molecule has 0 bridgehead atoms. The van der Waals surface area contributed by atoms with Crippen LogP contribution >= 0.6 is 11.3 Å². The SMILES string of the molecule is COCCNCCCNCc1sccc1C. The fourth-order valence-electron chi connectivity index (χ4n) is 1.42. The summed E-state index contributed by atoms with van der Waals surface area (Å²) in [7, 11) is 1.73. The summed E-state index contributed by atoms with van der Waals surface area (Å²) < 4.78 is 4.95. The van der Waals surface area contributed by atoms with Gasteiger partial charge in [0.15, 0.2) is 0 Å². The second-order valence-corrected chi connectivity index (χ2v) is 4.80. The molecule has 4 heteroatoms. The highest BCUT2D eigenvalue weighted by molar-refractivity contribution is 7.10. The van der Waals surface area contributed by atoms with Crippen LogP contribution in [-0.2, 0) is 11.3 Å². The molecule has 0 aliphatic carbocycles. The lowest BCUT2D eigenvalue weighted by atomic mass is 10.3. The Morgan fingerprint density at radius 2 is 2.06 bits per heavy atom. The maximum atomic E-state index is 4.95. The smallest absolute Gasteiger partial charge is 0.0587 e. The van der Waals surface area contributed by atoms with E-state index in [1.807, 2.05) is 11.3 Å². The summed E-state index contributed by atoms with van der Waals surface area (Å²) in [5.41, 5.74) is 1.40. The van der Waals surface area contributed by atoms with Crippen LogP contribution in [0.25, 0.3) is 0 Å². The minimum Gasteiger partial charge on any atom is -0.383 e. The summed E-state index contributed by atoms with van der Waals surface area (Å²) in [6, 6.07) is 2.17. The molecule has 92 valence electrons. The fraction of sp³-hybridized carbons (Fsp3) is 0.667. The van der Waals surface area contributed by atoms with Crippen molar-refractivity contribution >= 4 is 11.3 Å². The van der Waals surface area contributed by atoms with Crippen LogP contribution in [-0.4, -0.2) is 33.4 Å². The van der Waals surface area contributed by atoms with Crippen LogP contribution in [0.1, 0.15) is 16.9 Å². The summed E-state index contributed by atoms with van der Waals surface area (Å²) in [5.74, 6) is 0. The van der Waals surface area contributed by atoms with Crippen LogP contribution in [0.4, 0.5) is 0 Å². The van der Waals surface area contributed by atoms with Gasteiger partial charge in [-0.25, -0.2) is 0 Å². The van der Waals surface area contributed by atoms with E-state index in [0.29, 0.717) is 0 Å². The van der Waals surface area contributed by atoms with Crippen LogP contribution in [0, 0.1) is 6.92 Å². The zero-order valence-electron chi connectivity index (χ0n) is 10.2. The molecule has 0 fully saturated rings. The van der Waals surface area contributed by atoms with E-state index in [2.05, 4.69) is 29.0 Å². The number of ether oxygens (including phenoxy) is 1. The summed E-state index contributed by atoms with van der Waals surface area (Å²) in [4.78, 5) is 1.45. The molecule has 0 spiro atoms. The van der Waals surface area contributed by atoms with E-state index in [-0.39, 0.29) is 0 Å². The number of thiophene rings is 1. The lowest BCUT2D eigenvalue weighted by Crippen LogP contribution is -2.24. The zero-order chi connectivity index (χ0) is 11.6. The molecule has 0 saturated heterocycles. The Hall–Kier alpha value is -0.420. The van der Waals surface area contributed by atoms with Gasteiger partial charge >= 0.3 is 0 Å². The van der Waals surface area contributed by atoms with E-state index in [0.717, 1.165) is 39.2 Å². The van der Waals surface area contributed by atoms with Crippen LogP contribution in [0.2, 0.25) is 0 Å². The fourth-order valence-corrected chi connectivity index (χ4v) is 2.30. The first-order valence-corrected chi connectivity index (χ1v) is 6.66. The zero-order valence-corrected chi connectivity index (χ0v) is 11.0. The summed E-state index contributed by atoms with van der Waals surface area (Å²) in [6.45, 7) is 7.03. The number of hydrogen-bond acceptors (Lipinski definition) is 4. The predicted molar refractivity (Wildman–Crippen MR) is 70.1 cm³/mol. The summed E-state index contributed by atoms with van der Waals surface area (Å²) in [5, 5.41) is 8.94. The number of aryl methyl sites for hydroxylation is 1. The Morgan fingerprint density at radius 1 is 1.25 bits per heavy atom. The standard InChI is InChI=1S/C12H22N2OS/c1-11-4-9-16-12(11)10-14-6-3-5-13-7-8-15-2/h4,9,13-14H,3,5-8,10H2,1-2H3. The van der Waals surface area contributed by atoms with Crippen molar-refractivity contribution in [1.29, 1.82) is 0 Å². The van der Waals surface area contributed by atoms with Crippen LogP contribution in [0.3, 0.4) is 0 Å². The van der Waals surface area contributed by atoms with E-state index in [1.54, 1.807) is 7.11 Å². The largest absolute Gasteiger partial charge is 0.383 e. The van der Waals surface area contributed by atoms with Gasteiger partial charge in [0.05, 0.1) is 6.61 Å². The van der Waals surface area contributed by atoms with Gasteiger partial charge in [-0.2, -0.15) is 0 Å². The van der Waals surface area contributed by atoms with Crippen molar-refractivity contribution in [3.8, 4) is 0 Å². The molecule has 0 aliphatic rings. The highest BCUT2D eigenvalue weighted by atomic mass is 32.1. The van der Waals surface area contributed by atoms with E-state index in [1.165, 1.54) is 10.4 Å². The maximum Gasteiger partial charge on any atom is 0.0587 e. The van der Waals surface area contributed by atoms with Gasteiger partial charge in [-0.05, 0) is 43.4 Å². The third kappa shape index (κ3) is 5.61. The van der Waals surface area contributed by atoms with Crippen molar-refractivity contribution in [2.45, 2.75) is 19.9 Å². The van der Waals surface area contributed by atoms with Gasteiger partial charge in [-0.1, -0.05) is 0 Å². The molecule has 1 aromatic rings. The van der Waals surface area contributed by atoms with Crippen LogP contribution in [0.5, 0.6) is 0 Å². The monoisotopic (exact) mass is 242 g/mol. The van der Waals surface area contributed by atoms with Crippen molar-refractivity contribution < 1.29 is 4.74 Å². The lowest BCUT2D eigenvalue weighted by molar-refractivity contribution is 0.199. The van der Waals surface area contributed by atoms with Crippen molar-refractivity contribution in [2.24, 2.45) is 0 Å². The highest BCUT2D eigenvalue weighted by Gasteiger charge is 1.97. The first-order valence-electron chi connectivity index (χ1n) is 5.78. The summed E-state index contributed by atoms with van der Waals surface area (Å²) >= 11 is 1.83. The first-order chi connectivity index (χ1) is 7.84. The Kier molecular flexibility index (Phi) is 7.42. The van der Waals surface area contributed by atoms with Gasteiger partial charge < -0.3 is 15.4 Å². The molecule has 0 aromatic carbocycles. The van der Waals surface area contributed by atoms with Crippen molar-refractivity contribution in [2.75, 3.05) is 33.4 Å². The molecule has 16 heavy (non-hydrogen) atoms. The molecule has 0 unspecified atom stereocenters. The van der Waals surface area contributed by atoms with E-state index >= 15 is 0 Å². The number of methoxy groups -OCH3 is 1. The van der Waals surface area contributed by atoms with Crippen molar-refractivity contribution in [1.82, 2.24) is 10.6 Å². The first kappa shape index (κ1) is 13.6.